The Morgan fingerprint density at radius 1 is 1.35 bits per heavy atom. The Morgan fingerprint density at radius 3 is 2.80 bits per heavy atom. The molecule has 106 valence electrons. The number of methoxy groups -OCH3 is 1. The van der Waals surface area contributed by atoms with Gasteiger partial charge in [0.05, 0.1) is 18.4 Å². The lowest BCUT2D eigenvalue weighted by Crippen LogP contribution is -2.30. The highest BCUT2D eigenvalue weighted by molar-refractivity contribution is 5.60. The molecule has 3 nitrogen and oxygen atoms in total. The van der Waals surface area contributed by atoms with E-state index in [1.54, 1.807) is 7.11 Å². The second-order valence-electron chi connectivity index (χ2n) is 6.30. The monoisotopic (exact) mass is 270 g/mol. The largest absolute Gasteiger partial charge is 0.497 e. The number of nitrogens with zero attached hydrogens (tertiary/aromatic N) is 1. The van der Waals surface area contributed by atoms with Crippen LogP contribution in [0.4, 0.5) is 5.69 Å². The van der Waals surface area contributed by atoms with Crippen LogP contribution < -0.4 is 10.1 Å². The summed E-state index contributed by atoms with van der Waals surface area (Å²) in [6.07, 6.45) is 5.59. The van der Waals surface area contributed by atoms with Crippen molar-refractivity contribution in [2.45, 2.75) is 38.6 Å². The van der Waals surface area contributed by atoms with Crippen molar-refractivity contribution in [2.75, 3.05) is 12.4 Å². The number of nitrogens with one attached hydrogen (secondary N) is 1. The zero-order chi connectivity index (χ0) is 14.1. The van der Waals surface area contributed by atoms with E-state index < -0.39 is 0 Å². The summed E-state index contributed by atoms with van der Waals surface area (Å²) >= 11 is 0. The van der Waals surface area contributed by atoms with Crippen LogP contribution in [0.3, 0.4) is 0 Å². The maximum absolute atomic E-state index is 9.23. The van der Waals surface area contributed by atoms with Crippen LogP contribution in [-0.4, -0.2) is 13.2 Å². The van der Waals surface area contributed by atoms with Crippen LogP contribution in [-0.2, 0) is 0 Å². The van der Waals surface area contributed by atoms with Crippen molar-refractivity contribution in [2.24, 2.45) is 17.8 Å². The van der Waals surface area contributed by atoms with Gasteiger partial charge < -0.3 is 10.1 Å². The average Bonchev–Trinajstić information content (AvgIpc) is 3.09. The molecule has 0 amide bonds. The maximum Gasteiger partial charge on any atom is 0.121 e. The predicted molar refractivity (Wildman–Crippen MR) is 79.7 cm³/mol. The summed E-state index contributed by atoms with van der Waals surface area (Å²) in [5.74, 6) is 3.40. The number of ether oxygens (including phenoxy) is 1. The van der Waals surface area contributed by atoms with Crippen molar-refractivity contribution in [1.82, 2.24) is 0 Å². The molecule has 2 aliphatic carbocycles. The van der Waals surface area contributed by atoms with Gasteiger partial charge in [0.25, 0.3) is 0 Å². The molecule has 3 rings (SSSR count). The smallest absolute Gasteiger partial charge is 0.121 e. The van der Waals surface area contributed by atoms with Gasteiger partial charge in [-0.25, -0.2) is 0 Å². The van der Waals surface area contributed by atoms with E-state index in [1.165, 1.54) is 25.7 Å². The third kappa shape index (κ3) is 2.35. The Morgan fingerprint density at radius 2 is 2.20 bits per heavy atom. The summed E-state index contributed by atoms with van der Waals surface area (Å²) in [5, 5.41) is 12.8. The Bertz CT molecular complexity index is 534. The van der Waals surface area contributed by atoms with E-state index >= 15 is 0 Å². The zero-order valence-corrected chi connectivity index (χ0v) is 12.2. The van der Waals surface area contributed by atoms with Gasteiger partial charge in [-0.05, 0) is 56.1 Å². The van der Waals surface area contributed by atoms with Crippen LogP contribution in [0.15, 0.2) is 18.2 Å². The molecule has 4 unspecified atom stereocenters. The molecular formula is C17H22N2O. The molecule has 20 heavy (non-hydrogen) atoms. The normalized spacial score (nSPS) is 28.9. The minimum atomic E-state index is 0.421. The number of fused-ring (bicyclic) bond motifs is 2. The first-order chi connectivity index (χ1) is 9.71. The van der Waals surface area contributed by atoms with Crippen LogP contribution >= 0.6 is 0 Å². The lowest BCUT2D eigenvalue weighted by atomic mass is 9.84. The SMILES string of the molecule is COc1ccc(C#N)c(NC(C)C2CC3CCC2C3)c1. The van der Waals surface area contributed by atoms with E-state index in [9.17, 15) is 5.26 Å². The molecule has 0 aromatic heterocycles. The van der Waals surface area contributed by atoms with E-state index in [1.807, 2.05) is 18.2 Å². The molecule has 3 heteroatoms. The molecule has 1 aromatic rings. The first kappa shape index (κ1) is 13.3. The number of nitriles is 1. The van der Waals surface area contributed by atoms with Crippen molar-refractivity contribution in [3.05, 3.63) is 23.8 Å². The fourth-order valence-electron chi connectivity index (χ4n) is 4.13. The Balaban J connectivity index is 1.75. The highest BCUT2D eigenvalue weighted by Crippen LogP contribution is 2.49. The molecule has 0 radical (unpaired) electrons. The molecular weight excluding hydrogens is 248 g/mol. The highest BCUT2D eigenvalue weighted by Gasteiger charge is 2.41. The van der Waals surface area contributed by atoms with Crippen LogP contribution in [0, 0.1) is 29.1 Å². The lowest BCUT2D eigenvalue weighted by Gasteiger charge is -2.29. The van der Waals surface area contributed by atoms with Gasteiger partial charge in [0.15, 0.2) is 0 Å². The van der Waals surface area contributed by atoms with E-state index in [4.69, 9.17) is 4.74 Å². The summed E-state index contributed by atoms with van der Waals surface area (Å²) in [4.78, 5) is 0. The van der Waals surface area contributed by atoms with Gasteiger partial charge in [-0.2, -0.15) is 5.26 Å². The minimum absolute atomic E-state index is 0.421. The van der Waals surface area contributed by atoms with Gasteiger partial charge in [0.2, 0.25) is 0 Å². The van der Waals surface area contributed by atoms with Crippen molar-refractivity contribution in [1.29, 1.82) is 5.26 Å². The Labute approximate surface area is 120 Å². The third-order valence-electron chi connectivity index (χ3n) is 5.17. The fourth-order valence-corrected chi connectivity index (χ4v) is 4.13. The van der Waals surface area contributed by atoms with E-state index in [0.29, 0.717) is 11.6 Å². The molecule has 4 atom stereocenters. The molecule has 0 spiro atoms. The number of anilines is 1. The molecule has 0 saturated heterocycles. The molecule has 2 saturated carbocycles. The predicted octanol–water partition coefficient (Wildman–Crippen LogP) is 3.80. The summed E-state index contributed by atoms with van der Waals surface area (Å²) in [6, 6.07) is 8.28. The number of benzene rings is 1. The topological polar surface area (TPSA) is 45.0 Å². The summed E-state index contributed by atoms with van der Waals surface area (Å²) in [6.45, 7) is 2.26. The van der Waals surface area contributed by atoms with Gasteiger partial charge in [0.1, 0.15) is 11.8 Å². The molecule has 2 bridgehead atoms. The summed E-state index contributed by atoms with van der Waals surface area (Å²) in [5.41, 5.74) is 1.60. The second kappa shape index (κ2) is 5.36. The molecule has 1 N–H and O–H groups in total. The Kier molecular flexibility index (Phi) is 3.56. The minimum Gasteiger partial charge on any atom is -0.497 e. The van der Waals surface area contributed by atoms with E-state index in [0.717, 1.165) is 29.2 Å². The third-order valence-corrected chi connectivity index (χ3v) is 5.17. The zero-order valence-electron chi connectivity index (χ0n) is 12.2. The molecule has 2 fully saturated rings. The quantitative estimate of drug-likeness (QED) is 0.905. The van der Waals surface area contributed by atoms with Crippen LogP contribution in [0.25, 0.3) is 0 Å². The van der Waals surface area contributed by atoms with E-state index in [2.05, 4.69) is 18.3 Å². The molecule has 2 aliphatic rings. The van der Waals surface area contributed by atoms with Crippen LogP contribution in [0.1, 0.15) is 38.2 Å². The first-order valence-electron chi connectivity index (χ1n) is 7.56. The fraction of sp³-hybridized carbons (Fsp3) is 0.588. The Hall–Kier alpha value is -1.69. The van der Waals surface area contributed by atoms with Gasteiger partial charge in [-0.15, -0.1) is 0 Å². The number of hydrogen-bond acceptors (Lipinski definition) is 3. The number of rotatable bonds is 4. The number of hydrogen-bond donors (Lipinski definition) is 1. The van der Waals surface area contributed by atoms with Crippen molar-refractivity contribution in [3.63, 3.8) is 0 Å². The molecule has 1 aromatic carbocycles. The standard InChI is InChI=1S/C17H22N2O/c1-11(16-8-12-3-4-13(16)7-12)19-17-9-15(20-2)6-5-14(17)10-18/h5-6,9,11-13,16,19H,3-4,7-8H2,1-2H3. The van der Waals surface area contributed by atoms with Crippen LogP contribution in [0.5, 0.6) is 5.75 Å². The van der Waals surface area contributed by atoms with Gasteiger partial charge in [-0.3, -0.25) is 0 Å². The summed E-state index contributed by atoms with van der Waals surface area (Å²) in [7, 11) is 1.66. The molecule has 0 heterocycles. The van der Waals surface area contributed by atoms with Gasteiger partial charge >= 0.3 is 0 Å². The van der Waals surface area contributed by atoms with E-state index in [-0.39, 0.29) is 0 Å². The first-order valence-corrected chi connectivity index (χ1v) is 7.56. The van der Waals surface area contributed by atoms with Crippen molar-refractivity contribution >= 4 is 5.69 Å². The lowest BCUT2D eigenvalue weighted by molar-refractivity contribution is 0.304. The van der Waals surface area contributed by atoms with Crippen molar-refractivity contribution < 1.29 is 4.74 Å². The highest BCUT2D eigenvalue weighted by atomic mass is 16.5. The van der Waals surface area contributed by atoms with Gasteiger partial charge in [-0.1, -0.05) is 6.42 Å². The maximum atomic E-state index is 9.23. The molecule has 0 aliphatic heterocycles. The van der Waals surface area contributed by atoms with Crippen LogP contribution in [0.2, 0.25) is 0 Å². The second-order valence-corrected chi connectivity index (χ2v) is 6.30. The van der Waals surface area contributed by atoms with Gasteiger partial charge in [0, 0.05) is 12.1 Å². The van der Waals surface area contributed by atoms with Crippen molar-refractivity contribution in [3.8, 4) is 11.8 Å². The average molecular weight is 270 g/mol. The summed E-state index contributed by atoms with van der Waals surface area (Å²) < 4.78 is 5.26.